The highest BCUT2D eigenvalue weighted by Crippen LogP contribution is 2.32. The molecule has 4 atom stereocenters. The van der Waals surface area contributed by atoms with Gasteiger partial charge in [0.1, 0.15) is 0 Å². The highest BCUT2D eigenvalue weighted by atomic mass is 16.5. The summed E-state index contributed by atoms with van der Waals surface area (Å²) in [5.74, 6) is -0.464. The van der Waals surface area contributed by atoms with Crippen molar-refractivity contribution in [2.75, 3.05) is 6.54 Å². The van der Waals surface area contributed by atoms with Gasteiger partial charge in [-0.1, -0.05) is 19.8 Å². The topological polar surface area (TPSA) is 75.6 Å². The summed E-state index contributed by atoms with van der Waals surface area (Å²) in [5.41, 5.74) is 0. The molecule has 1 rings (SSSR count). The Hall–Kier alpha value is -1.10. The van der Waals surface area contributed by atoms with Crippen LogP contribution in [0.25, 0.3) is 0 Å². The van der Waals surface area contributed by atoms with Gasteiger partial charge < -0.3 is 15.2 Å². The zero-order chi connectivity index (χ0) is 15.1. The number of carboxylic acids is 1. The second-order valence-electron chi connectivity index (χ2n) is 5.78. The average Bonchev–Trinajstić information content (AvgIpc) is 2.61. The molecule has 1 heterocycles. The smallest absolute Gasteiger partial charge is 0.303 e. The van der Waals surface area contributed by atoms with Crippen molar-refractivity contribution in [3.63, 3.8) is 0 Å². The van der Waals surface area contributed by atoms with Gasteiger partial charge in [0, 0.05) is 13.0 Å². The molecule has 1 aliphatic heterocycles. The van der Waals surface area contributed by atoms with E-state index in [1.54, 1.807) is 0 Å². The van der Waals surface area contributed by atoms with Crippen molar-refractivity contribution in [3.8, 4) is 0 Å². The van der Waals surface area contributed by atoms with Gasteiger partial charge in [0.25, 0.3) is 0 Å². The standard InChI is InChI=1S/C15H27NO4/c1-10-11(2)20-12(3)14(10)15(19)16-9-7-5-4-6-8-13(17)18/h10-12,14H,4-9H2,1-3H3,(H,16,19)(H,17,18). The van der Waals surface area contributed by atoms with E-state index in [-0.39, 0.29) is 36.4 Å². The number of hydrogen-bond donors (Lipinski definition) is 2. The first-order chi connectivity index (χ1) is 9.43. The summed E-state index contributed by atoms with van der Waals surface area (Å²) >= 11 is 0. The van der Waals surface area contributed by atoms with Gasteiger partial charge >= 0.3 is 5.97 Å². The van der Waals surface area contributed by atoms with Crippen LogP contribution in [0.5, 0.6) is 0 Å². The van der Waals surface area contributed by atoms with Gasteiger partial charge in [0.2, 0.25) is 5.91 Å². The number of carbonyl (C=O) groups is 2. The summed E-state index contributed by atoms with van der Waals surface area (Å²) < 4.78 is 5.67. The van der Waals surface area contributed by atoms with Gasteiger partial charge in [0.05, 0.1) is 18.1 Å². The molecule has 2 N–H and O–H groups in total. The summed E-state index contributed by atoms with van der Waals surface area (Å²) in [6.07, 6.45) is 3.82. The summed E-state index contributed by atoms with van der Waals surface area (Å²) in [5, 5.41) is 11.5. The monoisotopic (exact) mass is 285 g/mol. The van der Waals surface area contributed by atoms with Crippen molar-refractivity contribution in [1.29, 1.82) is 0 Å². The van der Waals surface area contributed by atoms with Crippen molar-refractivity contribution >= 4 is 11.9 Å². The number of aliphatic carboxylic acids is 1. The molecule has 0 radical (unpaired) electrons. The molecule has 1 amide bonds. The zero-order valence-electron chi connectivity index (χ0n) is 12.7. The lowest BCUT2D eigenvalue weighted by atomic mass is 9.89. The van der Waals surface area contributed by atoms with E-state index >= 15 is 0 Å². The van der Waals surface area contributed by atoms with Gasteiger partial charge in [0.15, 0.2) is 0 Å². The van der Waals surface area contributed by atoms with E-state index in [0.29, 0.717) is 13.0 Å². The van der Waals surface area contributed by atoms with Crippen LogP contribution in [0.1, 0.15) is 52.9 Å². The van der Waals surface area contributed by atoms with E-state index in [2.05, 4.69) is 12.2 Å². The Morgan fingerprint density at radius 2 is 1.70 bits per heavy atom. The fourth-order valence-corrected chi connectivity index (χ4v) is 2.80. The van der Waals surface area contributed by atoms with Gasteiger partial charge in [-0.15, -0.1) is 0 Å². The molecule has 1 saturated heterocycles. The number of rotatable bonds is 8. The fraction of sp³-hybridized carbons (Fsp3) is 0.867. The molecule has 5 heteroatoms. The van der Waals surface area contributed by atoms with Crippen LogP contribution in [-0.2, 0) is 14.3 Å². The van der Waals surface area contributed by atoms with Crippen LogP contribution in [0.15, 0.2) is 0 Å². The lowest BCUT2D eigenvalue weighted by Crippen LogP contribution is -2.37. The van der Waals surface area contributed by atoms with Crippen LogP contribution >= 0.6 is 0 Å². The summed E-state index contributed by atoms with van der Waals surface area (Å²) in [6, 6.07) is 0. The molecule has 0 bridgehead atoms. The van der Waals surface area contributed by atoms with Crippen LogP contribution in [0.3, 0.4) is 0 Å². The third-order valence-corrected chi connectivity index (χ3v) is 4.16. The number of unbranched alkanes of at least 4 members (excludes halogenated alkanes) is 3. The SMILES string of the molecule is CC1OC(C)C(C(=O)NCCCCCCC(=O)O)C1C. The summed E-state index contributed by atoms with van der Waals surface area (Å²) in [4.78, 5) is 22.5. The van der Waals surface area contributed by atoms with E-state index in [1.807, 2.05) is 13.8 Å². The highest BCUT2D eigenvalue weighted by Gasteiger charge is 2.41. The van der Waals surface area contributed by atoms with Crippen LogP contribution in [0.4, 0.5) is 0 Å². The zero-order valence-corrected chi connectivity index (χ0v) is 12.7. The summed E-state index contributed by atoms with van der Waals surface area (Å²) in [6.45, 7) is 6.69. The second-order valence-corrected chi connectivity index (χ2v) is 5.78. The van der Waals surface area contributed by atoms with Crippen molar-refractivity contribution in [1.82, 2.24) is 5.32 Å². The fourth-order valence-electron chi connectivity index (χ4n) is 2.80. The second kappa shape index (κ2) is 8.25. The van der Waals surface area contributed by atoms with Crippen LogP contribution in [0.2, 0.25) is 0 Å². The molecular formula is C15H27NO4. The molecule has 0 spiro atoms. The number of hydrogen-bond acceptors (Lipinski definition) is 3. The Bertz CT molecular complexity index is 332. The lowest BCUT2D eigenvalue weighted by molar-refractivity contribution is -0.137. The Morgan fingerprint density at radius 1 is 1.05 bits per heavy atom. The Morgan fingerprint density at radius 3 is 2.25 bits per heavy atom. The molecule has 1 aliphatic rings. The maximum absolute atomic E-state index is 12.1. The van der Waals surface area contributed by atoms with Gasteiger partial charge in [-0.25, -0.2) is 0 Å². The number of carboxylic acid groups (broad SMARTS) is 1. The first-order valence-corrected chi connectivity index (χ1v) is 7.58. The first-order valence-electron chi connectivity index (χ1n) is 7.58. The lowest BCUT2D eigenvalue weighted by Gasteiger charge is -2.17. The first kappa shape index (κ1) is 17.0. The molecule has 0 aromatic rings. The van der Waals surface area contributed by atoms with Crippen LogP contribution in [-0.4, -0.2) is 35.7 Å². The van der Waals surface area contributed by atoms with E-state index < -0.39 is 5.97 Å². The van der Waals surface area contributed by atoms with Crippen LogP contribution in [0, 0.1) is 11.8 Å². The predicted molar refractivity (Wildman–Crippen MR) is 76.4 cm³/mol. The minimum absolute atomic E-state index is 0.0180. The van der Waals surface area contributed by atoms with E-state index in [1.165, 1.54) is 0 Å². The average molecular weight is 285 g/mol. The number of ether oxygens (including phenoxy) is 1. The molecule has 4 unspecified atom stereocenters. The van der Waals surface area contributed by atoms with Gasteiger partial charge in [-0.05, 0) is 32.6 Å². The molecule has 0 aromatic heterocycles. The predicted octanol–water partition coefficient (Wildman–Crippen LogP) is 2.20. The van der Waals surface area contributed by atoms with Crippen molar-refractivity contribution in [2.24, 2.45) is 11.8 Å². The van der Waals surface area contributed by atoms with E-state index in [9.17, 15) is 9.59 Å². The number of amides is 1. The number of carbonyl (C=O) groups excluding carboxylic acids is 1. The minimum atomic E-state index is -0.739. The van der Waals surface area contributed by atoms with Crippen LogP contribution < -0.4 is 5.32 Å². The molecule has 5 nitrogen and oxygen atoms in total. The van der Waals surface area contributed by atoms with Crippen molar-refractivity contribution in [2.45, 2.75) is 65.1 Å². The summed E-state index contributed by atoms with van der Waals surface area (Å²) in [7, 11) is 0. The third-order valence-electron chi connectivity index (χ3n) is 4.16. The molecule has 116 valence electrons. The Balaban J connectivity index is 2.13. The molecule has 1 fully saturated rings. The molecular weight excluding hydrogens is 258 g/mol. The molecule has 0 aliphatic carbocycles. The maximum Gasteiger partial charge on any atom is 0.303 e. The normalized spacial score (nSPS) is 29.4. The largest absolute Gasteiger partial charge is 0.481 e. The van der Waals surface area contributed by atoms with E-state index in [0.717, 1.165) is 19.3 Å². The van der Waals surface area contributed by atoms with Crippen molar-refractivity contribution < 1.29 is 19.4 Å². The Kier molecular flexibility index (Phi) is 6.99. The number of nitrogens with one attached hydrogen (secondary N) is 1. The highest BCUT2D eigenvalue weighted by molar-refractivity contribution is 5.79. The van der Waals surface area contributed by atoms with E-state index in [4.69, 9.17) is 9.84 Å². The van der Waals surface area contributed by atoms with Gasteiger partial charge in [-0.3, -0.25) is 9.59 Å². The quantitative estimate of drug-likeness (QED) is 0.670. The third kappa shape index (κ3) is 5.12. The van der Waals surface area contributed by atoms with Gasteiger partial charge in [-0.2, -0.15) is 0 Å². The molecule has 20 heavy (non-hydrogen) atoms. The Labute approximate surface area is 121 Å². The molecule has 0 aromatic carbocycles. The minimum Gasteiger partial charge on any atom is -0.481 e. The van der Waals surface area contributed by atoms with Crippen molar-refractivity contribution in [3.05, 3.63) is 0 Å². The molecule has 0 saturated carbocycles. The maximum atomic E-state index is 12.1.